The second-order valence-corrected chi connectivity index (χ2v) is 3.76. The lowest BCUT2D eigenvalue weighted by Crippen LogP contribution is -2.01. The second-order valence-electron chi connectivity index (χ2n) is 2.98. The van der Waals surface area contributed by atoms with Gasteiger partial charge in [0.05, 0.1) is 5.69 Å². The maximum Gasteiger partial charge on any atom is 0.247 e. The van der Waals surface area contributed by atoms with Crippen molar-refractivity contribution in [2.24, 2.45) is 0 Å². The van der Waals surface area contributed by atoms with Gasteiger partial charge in [-0.2, -0.15) is 10.1 Å². The summed E-state index contributed by atoms with van der Waals surface area (Å²) in [5, 5.41) is 11.9. The summed E-state index contributed by atoms with van der Waals surface area (Å²) < 4.78 is 1.75. The van der Waals surface area contributed by atoms with E-state index in [2.05, 4.69) is 20.3 Å². The molecule has 74 valence electrons. The Balaban J connectivity index is 2.43. The third-order valence-electron chi connectivity index (χ3n) is 1.85. The molecule has 0 bridgehead atoms. The summed E-state index contributed by atoms with van der Waals surface area (Å²) in [5.74, 6) is 0.667. The van der Waals surface area contributed by atoms with Crippen molar-refractivity contribution in [1.82, 2.24) is 25.0 Å². The molecule has 0 amide bonds. The summed E-state index contributed by atoms with van der Waals surface area (Å²) in [6.07, 6.45) is 1.94. The first-order valence-electron chi connectivity index (χ1n) is 4.20. The number of aromatic nitrogens is 5. The molecule has 0 aliphatic rings. The Labute approximate surface area is 85.9 Å². The molecule has 0 unspecified atom stereocenters. The Morgan fingerprint density at radius 2 is 2.21 bits per heavy atom. The molecule has 14 heavy (non-hydrogen) atoms. The molecule has 0 atom stereocenters. The predicted molar refractivity (Wildman–Crippen MR) is 54.8 cm³/mol. The van der Waals surface area contributed by atoms with Crippen LogP contribution in [0.25, 0.3) is 5.95 Å². The van der Waals surface area contributed by atoms with Gasteiger partial charge in [-0.25, -0.2) is 9.78 Å². The van der Waals surface area contributed by atoms with Crippen molar-refractivity contribution in [1.29, 1.82) is 0 Å². The second kappa shape index (κ2) is 3.45. The topological polar surface area (TPSA) is 59.4 Å². The first-order chi connectivity index (χ1) is 6.70. The van der Waals surface area contributed by atoms with E-state index in [9.17, 15) is 0 Å². The molecular formula is C8H11N5S. The van der Waals surface area contributed by atoms with Crippen molar-refractivity contribution in [3.63, 3.8) is 0 Å². The van der Waals surface area contributed by atoms with Gasteiger partial charge in [-0.1, -0.05) is 11.8 Å². The average Bonchev–Trinajstić information content (AvgIpc) is 2.71. The lowest BCUT2D eigenvalue weighted by molar-refractivity contribution is 0.778. The molecule has 6 heteroatoms. The molecule has 0 fully saturated rings. The highest BCUT2D eigenvalue weighted by Gasteiger charge is 2.07. The largest absolute Gasteiger partial charge is 0.247 e. The van der Waals surface area contributed by atoms with Crippen LogP contribution in [0.3, 0.4) is 0 Å². The zero-order valence-corrected chi connectivity index (χ0v) is 9.09. The van der Waals surface area contributed by atoms with Gasteiger partial charge in [-0.15, -0.1) is 5.10 Å². The van der Waals surface area contributed by atoms with Gasteiger partial charge < -0.3 is 0 Å². The molecule has 2 aromatic rings. The number of aromatic amines is 1. The van der Waals surface area contributed by atoms with Crippen LogP contribution in [0.1, 0.15) is 11.4 Å². The van der Waals surface area contributed by atoms with Gasteiger partial charge in [0.2, 0.25) is 11.1 Å². The van der Waals surface area contributed by atoms with Gasteiger partial charge in [0, 0.05) is 5.69 Å². The maximum absolute atomic E-state index is 4.30. The molecular weight excluding hydrogens is 198 g/mol. The number of nitrogens with zero attached hydrogens (tertiary/aromatic N) is 4. The number of aryl methyl sites for hydroxylation is 2. The van der Waals surface area contributed by atoms with E-state index in [0.29, 0.717) is 5.95 Å². The van der Waals surface area contributed by atoms with Crippen molar-refractivity contribution >= 4 is 11.8 Å². The highest BCUT2D eigenvalue weighted by atomic mass is 32.2. The van der Waals surface area contributed by atoms with Gasteiger partial charge in [-0.3, -0.25) is 0 Å². The first kappa shape index (κ1) is 9.26. The van der Waals surface area contributed by atoms with E-state index >= 15 is 0 Å². The number of rotatable bonds is 2. The minimum atomic E-state index is 0.667. The van der Waals surface area contributed by atoms with Crippen molar-refractivity contribution < 1.29 is 0 Å². The Morgan fingerprint density at radius 3 is 2.71 bits per heavy atom. The van der Waals surface area contributed by atoms with E-state index in [1.54, 1.807) is 4.68 Å². The van der Waals surface area contributed by atoms with Gasteiger partial charge in [0.25, 0.3) is 0 Å². The SMILES string of the molecule is CSc1n[nH]c(-n2nc(C)cc2C)n1. The smallest absolute Gasteiger partial charge is 0.242 e. The van der Waals surface area contributed by atoms with Crippen LogP contribution in [0.4, 0.5) is 0 Å². The van der Waals surface area contributed by atoms with Crippen molar-refractivity contribution in [2.75, 3.05) is 6.26 Å². The Bertz CT molecular complexity index is 444. The van der Waals surface area contributed by atoms with Crippen LogP contribution in [0.5, 0.6) is 0 Å². The summed E-state index contributed by atoms with van der Waals surface area (Å²) in [5.41, 5.74) is 2.02. The third-order valence-corrected chi connectivity index (χ3v) is 2.39. The normalized spacial score (nSPS) is 10.8. The highest BCUT2D eigenvalue weighted by molar-refractivity contribution is 7.98. The summed E-state index contributed by atoms with van der Waals surface area (Å²) >= 11 is 1.50. The van der Waals surface area contributed by atoms with E-state index in [0.717, 1.165) is 16.5 Å². The molecule has 1 N–H and O–H groups in total. The quantitative estimate of drug-likeness (QED) is 0.758. The van der Waals surface area contributed by atoms with Crippen LogP contribution in [0.2, 0.25) is 0 Å². The van der Waals surface area contributed by atoms with Gasteiger partial charge in [0.15, 0.2) is 0 Å². The van der Waals surface area contributed by atoms with Crippen molar-refractivity contribution in [3.05, 3.63) is 17.5 Å². The van der Waals surface area contributed by atoms with Gasteiger partial charge in [0.1, 0.15) is 0 Å². The molecule has 0 radical (unpaired) electrons. The molecule has 2 heterocycles. The minimum Gasteiger partial charge on any atom is -0.242 e. The third kappa shape index (κ3) is 1.52. The van der Waals surface area contributed by atoms with Crippen LogP contribution in [-0.4, -0.2) is 31.2 Å². The monoisotopic (exact) mass is 209 g/mol. The minimum absolute atomic E-state index is 0.667. The van der Waals surface area contributed by atoms with Crippen LogP contribution in [-0.2, 0) is 0 Å². The van der Waals surface area contributed by atoms with E-state index in [1.165, 1.54) is 11.8 Å². The van der Waals surface area contributed by atoms with Crippen LogP contribution < -0.4 is 0 Å². The van der Waals surface area contributed by atoms with E-state index < -0.39 is 0 Å². The Kier molecular flexibility index (Phi) is 2.28. The van der Waals surface area contributed by atoms with Crippen LogP contribution in [0, 0.1) is 13.8 Å². The Morgan fingerprint density at radius 1 is 1.43 bits per heavy atom. The zero-order chi connectivity index (χ0) is 10.1. The number of thioether (sulfide) groups is 1. The molecule has 0 aliphatic carbocycles. The highest BCUT2D eigenvalue weighted by Crippen LogP contribution is 2.11. The lowest BCUT2D eigenvalue weighted by Gasteiger charge is -1.96. The number of nitrogens with one attached hydrogen (secondary N) is 1. The summed E-state index contributed by atoms with van der Waals surface area (Å²) in [7, 11) is 0. The molecule has 2 aromatic heterocycles. The number of hydrogen-bond acceptors (Lipinski definition) is 4. The fraction of sp³-hybridized carbons (Fsp3) is 0.375. The predicted octanol–water partition coefficient (Wildman–Crippen LogP) is 1.33. The number of H-pyrrole nitrogens is 1. The first-order valence-corrected chi connectivity index (χ1v) is 5.43. The fourth-order valence-electron chi connectivity index (χ4n) is 1.27. The molecule has 0 aromatic carbocycles. The van der Waals surface area contributed by atoms with E-state index in [-0.39, 0.29) is 0 Å². The zero-order valence-electron chi connectivity index (χ0n) is 8.27. The summed E-state index contributed by atoms with van der Waals surface area (Å²) in [6, 6.07) is 2.00. The molecule has 2 rings (SSSR count). The van der Waals surface area contributed by atoms with Gasteiger partial charge in [-0.05, 0) is 26.2 Å². The van der Waals surface area contributed by atoms with Crippen LogP contribution in [0.15, 0.2) is 11.2 Å². The van der Waals surface area contributed by atoms with E-state index in [4.69, 9.17) is 0 Å². The van der Waals surface area contributed by atoms with Crippen molar-refractivity contribution in [2.45, 2.75) is 19.0 Å². The molecule has 0 saturated carbocycles. The standard InChI is InChI=1S/C8H11N5S/c1-5-4-6(2)13(12-5)7-9-8(14-3)11-10-7/h4H,1-3H3,(H,9,10,11). The van der Waals surface area contributed by atoms with Crippen LogP contribution >= 0.6 is 11.8 Å². The molecule has 0 saturated heterocycles. The lowest BCUT2D eigenvalue weighted by atomic mass is 10.4. The summed E-state index contributed by atoms with van der Waals surface area (Å²) in [6.45, 7) is 3.94. The average molecular weight is 209 g/mol. The van der Waals surface area contributed by atoms with Gasteiger partial charge >= 0.3 is 0 Å². The maximum atomic E-state index is 4.30. The van der Waals surface area contributed by atoms with Crippen molar-refractivity contribution in [3.8, 4) is 5.95 Å². The molecule has 0 aliphatic heterocycles. The fourth-order valence-corrected chi connectivity index (χ4v) is 1.58. The van der Waals surface area contributed by atoms with E-state index in [1.807, 2.05) is 26.2 Å². The Hall–Kier alpha value is -1.30. The number of hydrogen-bond donors (Lipinski definition) is 1. The molecule has 5 nitrogen and oxygen atoms in total. The summed E-state index contributed by atoms with van der Waals surface area (Å²) in [4.78, 5) is 4.27. The molecule has 0 spiro atoms.